The van der Waals surface area contributed by atoms with Gasteiger partial charge in [-0.1, -0.05) is 64.7 Å². The van der Waals surface area contributed by atoms with Crippen molar-refractivity contribution >= 4 is 11.6 Å². The van der Waals surface area contributed by atoms with Gasteiger partial charge in [0.15, 0.2) is 0 Å². The highest BCUT2D eigenvalue weighted by Crippen LogP contribution is 2.12. The molecule has 0 aliphatic heterocycles. The zero-order valence-corrected chi connectivity index (χ0v) is 16.8. The van der Waals surface area contributed by atoms with Gasteiger partial charge >= 0.3 is 0 Å². The Morgan fingerprint density at radius 2 is 0.840 bits per heavy atom. The third-order valence-electron chi connectivity index (χ3n) is 4.88. The average Bonchev–Trinajstić information content (AvgIpc) is 2.61. The molecule has 0 aromatic rings. The molecule has 0 fully saturated rings. The number of nitrogens with two attached hydrogens (primary N) is 1. The van der Waals surface area contributed by atoms with E-state index in [2.05, 4.69) is 6.92 Å². The fraction of sp³-hybridized carbons (Fsp3) is 0.909. The molecule has 0 aliphatic carbocycles. The topological polar surface area (TPSA) is 60.2 Å². The molecule has 0 rings (SSSR count). The molecule has 0 radical (unpaired) electrons. The molecule has 0 bridgehead atoms. The van der Waals surface area contributed by atoms with Crippen LogP contribution in [0.2, 0.25) is 0 Å². The van der Waals surface area contributed by atoms with Gasteiger partial charge < -0.3 is 5.73 Å². The van der Waals surface area contributed by atoms with E-state index in [0.29, 0.717) is 30.8 Å². The van der Waals surface area contributed by atoms with Crippen molar-refractivity contribution in [2.75, 3.05) is 6.54 Å². The summed E-state index contributed by atoms with van der Waals surface area (Å²) in [6.45, 7) is 3.01. The van der Waals surface area contributed by atoms with Crippen LogP contribution in [0.4, 0.5) is 0 Å². The Hall–Kier alpha value is -0.700. The Balaban J connectivity index is 3.31. The number of carbonyl (C=O) groups is 2. The van der Waals surface area contributed by atoms with E-state index >= 15 is 0 Å². The molecule has 0 heterocycles. The molecule has 0 atom stereocenters. The van der Waals surface area contributed by atoms with Crippen LogP contribution in [0.1, 0.15) is 122 Å². The molecule has 0 aromatic heterocycles. The SMILES string of the molecule is CCCCCCCCCC(=O)CCCCC(=O)CCCCCCCN. The third kappa shape index (κ3) is 19.5. The molecular weight excluding hydrogens is 310 g/mol. The molecule has 25 heavy (non-hydrogen) atoms. The molecule has 0 saturated carbocycles. The maximum atomic E-state index is 11.8. The zero-order chi connectivity index (χ0) is 18.6. The van der Waals surface area contributed by atoms with E-state index < -0.39 is 0 Å². The summed E-state index contributed by atoms with van der Waals surface area (Å²) in [5, 5.41) is 0. The van der Waals surface area contributed by atoms with Crippen LogP contribution in [0.5, 0.6) is 0 Å². The third-order valence-corrected chi connectivity index (χ3v) is 4.88. The van der Waals surface area contributed by atoms with Gasteiger partial charge in [-0.25, -0.2) is 0 Å². The summed E-state index contributed by atoms with van der Waals surface area (Å²) in [5.74, 6) is 0.763. The fourth-order valence-electron chi connectivity index (χ4n) is 3.17. The van der Waals surface area contributed by atoms with Crippen LogP contribution >= 0.6 is 0 Å². The number of Topliss-reactive ketones (excluding diaryl/α,β-unsaturated/α-hetero) is 2. The first-order chi connectivity index (χ1) is 12.2. The summed E-state index contributed by atoms with van der Waals surface area (Å²) < 4.78 is 0. The maximum absolute atomic E-state index is 11.8. The van der Waals surface area contributed by atoms with Gasteiger partial charge in [-0.3, -0.25) is 9.59 Å². The summed E-state index contributed by atoms with van der Waals surface area (Å²) >= 11 is 0. The molecule has 148 valence electrons. The molecule has 0 aliphatic rings. The molecule has 2 N–H and O–H groups in total. The maximum Gasteiger partial charge on any atom is 0.132 e. The Morgan fingerprint density at radius 1 is 0.520 bits per heavy atom. The van der Waals surface area contributed by atoms with Crippen molar-refractivity contribution in [3.05, 3.63) is 0 Å². The van der Waals surface area contributed by atoms with Crippen LogP contribution in [0.25, 0.3) is 0 Å². The van der Waals surface area contributed by atoms with Crippen molar-refractivity contribution in [2.24, 2.45) is 5.73 Å². The van der Waals surface area contributed by atoms with Crippen molar-refractivity contribution in [1.29, 1.82) is 0 Å². The standard InChI is InChI=1S/C22H43NO2/c1-2-3-4-5-6-8-11-16-21(24)18-13-14-19-22(25)17-12-9-7-10-15-20-23/h2-20,23H2,1H3. The predicted molar refractivity (Wildman–Crippen MR) is 108 cm³/mol. The first-order valence-corrected chi connectivity index (χ1v) is 10.9. The molecule has 0 aromatic carbocycles. The first-order valence-electron chi connectivity index (χ1n) is 10.9. The van der Waals surface area contributed by atoms with Crippen molar-refractivity contribution in [1.82, 2.24) is 0 Å². The van der Waals surface area contributed by atoms with Crippen molar-refractivity contribution in [3.63, 3.8) is 0 Å². The zero-order valence-electron chi connectivity index (χ0n) is 16.8. The number of hydrogen-bond donors (Lipinski definition) is 1. The van der Waals surface area contributed by atoms with E-state index in [1.165, 1.54) is 51.4 Å². The smallest absolute Gasteiger partial charge is 0.132 e. The molecule has 0 spiro atoms. The highest BCUT2D eigenvalue weighted by molar-refractivity contribution is 5.79. The summed E-state index contributed by atoms with van der Waals surface area (Å²) in [4.78, 5) is 23.6. The van der Waals surface area contributed by atoms with E-state index in [9.17, 15) is 9.59 Å². The van der Waals surface area contributed by atoms with Gasteiger partial charge in [-0.15, -0.1) is 0 Å². The van der Waals surface area contributed by atoms with E-state index in [-0.39, 0.29) is 0 Å². The summed E-state index contributed by atoms with van der Waals surface area (Å²) in [7, 11) is 0. The normalized spacial score (nSPS) is 11.0. The lowest BCUT2D eigenvalue weighted by Crippen LogP contribution is -2.01. The average molecular weight is 354 g/mol. The minimum Gasteiger partial charge on any atom is -0.330 e. The number of carbonyl (C=O) groups excluding carboxylic acids is 2. The van der Waals surface area contributed by atoms with Crippen LogP contribution in [-0.2, 0) is 9.59 Å². The second-order valence-corrected chi connectivity index (χ2v) is 7.46. The Bertz CT molecular complexity index is 315. The summed E-state index contributed by atoms with van der Waals surface area (Å²) in [6, 6.07) is 0. The number of unbranched alkanes of at least 4 members (excludes halogenated alkanes) is 11. The second kappa shape index (κ2) is 19.6. The van der Waals surface area contributed by atoms with Crippen molar-refractivity contribution < 1.29 is 9.59 Å². The van der Waals surface area contributed by atoms with Gasteiger partial charge in [0, 0.05) is 25.7 Å². The molecule has 0 saturated heterocycles. The lowest BCUT2D eigenvalue weighted by Gasteiger charge is -2.03. The van der Waals surface area contributed by atoms with Gasteiger partial charge in [0.2, 0.25) is 0 Å². The van der Waals surface area contributed by atoms with Crippen LogP contribution in [-0.4, -0.2) is 18.1 Å². The number of rotatable bonds is 20. The van der Waals surface area contributed by atoms with E-state index in [4.69, 9.17) is 5.73 Å². The van der Waals surface area contributed by atoms with Crippen LogP contribution in [0.15, 0.2) is 0 Å². The van der Waals surface area contributed by atoms with Crippen LogP contribution in [0.3, 0.4) is 0 Å². The van der Waals surface area contributed by atoms with Crippen LogP contribution in [0, 0.1) is 0 Å². The van der Waals surface area contributed by atoms with Crippen molar-refractivity contribution in [2.45, 2.75) is 122 Å². The van der Waals surface area contributed by atoms with Crippen LogP contribution < -0.4 is 5.73 Å². The Labute approximate surface area is 156 Å². The highest BCUT2D eigenvalue weighted by atomic mass is 16.1. The van der Waals surface area contributed by atoms with E-state index in [0.717, 1.165) is 51.5 Å². The van der Waals surface area contributed by atoms with Crippen molar-refractivity contribution in [3.8, 4) is 0 Å². The molecule has 3 nitrogen and oxygen atoms in total. The Kier molecular flexibility index (Phi) is 19.1. The van der Waals surface area contributed by atoms with Gasteiger partial charge in [0.1, 0.15) is 11.6 Å². The lowest BCUT2D eigenvalue weighted by molar-refractivity contribution is -0.121. The predicted octanol–water partition coefficient (Wildman–Crippen LogP) is 6.13. The van der Waals surface area contributed by atoms with Gasteiger partial charge in [-0.05, 0) is 38.6 Å². The van der Waals surface area contributed by atoms with E-state index in [1.54, 1.807) is 0 Å². The van der Waals surface area contributed by atoms with E-state index in [1.807, 2.05) is 0 Å². The molecule has 0 unspecified atom stereocenters. The minimum absolute atomic E-state index is 0.373. The lowest BCUT2D eigenvalue weighted by atomic mass is 10.0. The molecular formula is C22H43NO2. The quantitative estimate of drug-likeness (QED) is 0.268. The number of ketones is 2. The monoisotopic (exact) mass is 353 g/mol. The first kappa shape index (κ1) is 24.3. The fourth-order valence-corrected chi connectivity index (χ4v) is 3.17. The van der Waals surface area contributed by atoms with Gasteiger partial charge in [-0.2, -0.15) is 0 Å². The summed E-state index contributed by atoms with van der Waals surface area (Å²) in [5.41, 5.74) is 5.46. The Morgan fingerprint density at radius 3 is 1.24 bits per heavy atom. The second-order valence-electron chi connectivity index (χ2n) is 7.46. The number of hydrogen-bond acceptors (Lipinski definition) is 3. The summed E-state index contributed by atoms with van der Waals surface area (Å²) in [6.07, 6.45) is 19.0. The highest BCUT2D eigenvalue weighted by Gasteiger charge is 2.05. The largest absolute Gasteiger partial charge is 0.330 e. The molecule has 3 heteroatoms. The minimum atomic E-state index is 0.373. The molecule has 0 amide bonds. The van der Waals surface area contributed by atoms with Gasteiger partial charge in [0.05, 0.1) is 0 Å². The van der Waals surface area contributed by atoms with Gasteiger partial charge in [0.25, 0.3) is 0 Å².